The van der Waals surface area contributed by atoms with Gasteiger partial charge in [-0.15, -0.1) is 0 Å². The van der Waals surface area contributed by atoms with Gasteiger partial charge < -0.3 is 32.5 Å². The Bertz CT molecular complexity index is 374. The summed E-state index contributed by atoms with van der Waals surface area (Å²) in [4.78, 5) is 29.9. The fraction of sp³-hybridized carbons (Fsp3) is 0.800. The Morgan fingerprint density at radius 2 is 1.21 bits per heavy atom. The number of aliphatic carboxylic acids is 3. The number of carbonyl (C=O) groups is 3. The van der Waals surface area contributed by atoms with Gasteiger partial charge in [0, 0.05) is 0 Å². The van der Waals surface area contributed by atoms with Gasteiger partial charge in [0.25, 0.3) is 0 Å². The van der Waals surface area contributed by atoms with Crippen molar-refractivity contribution < 1.29 is 29.7 Å². The molecule has 4 unspecified atom stereocenters. The quantitative estimate of drug-likeness (QED) is 0.374. The molecule has 0 spiro atoms. The van der Waals surface area contributed by atoms with Crippen molar-refractivity contribution in [3.05, 3.63) is 0 Å². The van der Waals surface area contributed by atoms with Gasteiger partial charge in [-0.3, -0.25) is 14.4 Å². The lowest BCUT2D eigenvalue weighted by Crippen LogP contribution is -2.36. The Balaban J connectivity index is -0.000000282. The van der Waals surface area contributed by atoms with Gasteiger partial charge in [-0.2, -0.15) is 0 Å². The minimum atomic E-state index is -0.963. The molecule has 0 heterocycles. The zero-order valence-electron chi connectivity index (χ0n) is 15.1. The average molecular weight is 351 g/mol. The van der Waals surface area contributed by atoms with Crippen LogP contribution in [0.4, 0.5) is 0 Å². The molecule has 0 aromatic carbocycles. The summed E-state index contributed by atoms with van der Waals surface area (Å²) in [6, 6.07) is -2.12. The van der Waals surface area contributed by atoms with E-state index in [1.807, 2.05) is 27.7 Å². The second-order valence-electron chi connectivity index (χ2n) is 5.95. The van der Waals surface area contributed by atoms with E-state index < -0.39 is 36.0 Å². The molecule has 0 aliphatic rings. The zero-order chi connectivity index (χ0) is 20.0. The molecule has 0 saturated heterocycles. The zero-order valence-corrected chi connectivity index (χ0v) is 15.1. The second kappa shape index (κ2) is 14.9. The molecule has 0 aromatic rings. The van der Waals surface area contributed by atoms with Gasteiger partial charge in [0.1, 0.15) is 18.1 Å². The number of hydrogen-bond acceptors (Lipinski definition) is 6. The van der Waals surface area contributed by atoms with Gasteiger partial charge >= 0.3 is 17.9 Å². The normalized spacial score (nSPS) is 14.9. The summed E-state index contributed by atoms with van der Waals surface area (Å²) in [5, 5.41) is 24.5. The van der Waals surface area contributed by atoms with E-state index in [1.165, 1.54) is 6.92 Å². The molecule has 9 N–H and O–H groups in total. The molecule has 4 atom stereocenters. The summed E-state index contributed by atoms with van der Waals surface area (Å²) in [5.74, 6) is -2.36. The van der Waals surface area contributed by atoms with Crippen LogP contribution in [0.3, 0.4) is 0 Å². The second-order valence-corrected chi connectivity index (χ2v) is 5.95. The van der Waals surface area contributed by atoms with E-state index in [0.717, 1.165) is 6.42 Å². The lowest BCUT2D eigenvalue weighted by atomic mass is 10.0. The van der Waals surface area contributed by atoms with E-state index in [2.05, 4.69) is 0 Å². The number of carboxylic acids is 3. The fourth-order valence-electron chi connectivity index (χ4n) is 1.11. The van der Waals surface area contributed by atoms with Crippen molar-refractivity contribution >= 4 is 17.9 Å². The molecule has 24 heavy (non-hydrogen) atoms. The van der Waals surface area contributed by atoms with E-state index in [1.54, 1.807) is 0 Å². The average Bonchev–Trinajstić information content (AvgIpc) is 2.45. The maximum Gasteiger partial charge on any atom is 0.320 e. The van der Waals surface area contributed by atoms with Crippen LogP contribution in [0.25, 0.3) is 0 Å². The summed E-state index contributed by atoms with van der Waals surface area (Å²) in [7, 11) is 0. The highest BCUT2D eigenvalue weighted by Gasteiger charge is 2.17. The predicted octanol–water partition coefficient (Wildman–Crippen LogP) is 0.307. The topological polar surface area (TPSA) is 190 Å². The van der Waals surface area contributed by atoms with Gasteiger partial charge in [-0.1, -0.05) is 34.1 Å². The molecule has 0 radical (unpaired) electrons. The molecule has 9 heteroatoms. The lowest BCUT2D eigenvalue weighted by Gasteiger charge is -2.11. The van der Waals surface area contributed by atoms with Crippen molar-refractivity contribution in [3.63, 3.8) is 0 Å². The smallest absolute Gasteiger partial charge is 0.320 e. The van der Waals surface area contributed by atoms with E-state index in [4.69, 9.17) is 32.5 Å². The molecular weight excluding hydrogens is 318 g/mol. The Labute approximate surface area is 143 Å². The van der Waals surface area contributed by atoms with Gasteiger partial charge in [0.2, 0.25) is 0 Å². The Hall–Kier alpha value is -1.71. The molecule has 0 bridgehead atoms. The summed E-state index contributed by atoms with van der Waals surface area (Å²) in [6.45, 7) is 9.07. The molecule has 9 nitrogen and oxygen atoms in total. The van der Waals surface area contributed by atoms with Crippen molar-refractivity contribution in [3.8, 4) is 0 Å². The first-order valence-corrected chi connectivity index (χ1v) is 7.72. The monoisotopic (exact) mass is 351 g/mol. The third kappa shape index (κ3) is 18.3. The molecule has 144 valence electrons. The summed E-state index contributed by atoms with van der Waals surface area (Å²) < 4.78 is 0. The first-order valence-electron chi connectivity index (χ1n) is 7.72. The number of rotatable bonds is 7. The fourth-order valence-corrected chi connectivity index (χ4v) is 1.11. The molecular formula is C15H33N3O6. The van der Waals surface area contributed by atoms with Gasteiger partial charge in [0.05, 0.1) is 0 Å². The van der Waals surface area contributed by atoms with Crippen molar-refractivity contribution in [1.29, 1.82) is 0 Å². The first-order chi connectivity index (χ1) is 10.8. The van der Waals surface area contributed by atoms with E-state index >= 15 is 0 Å². The van der Waals surface area contributed by atoms with Gasteiger partial charge in [-0.05, 0) is 25.2 Å². The molecule has 0 fully saturated rings. The highest BCUT2D eigenvalue weighted by molar-refractivity contribution is 5.73. The molecule has 0 saturated carbocycles. The van der Waals surface area contributed by atoms with E-state index in [-0.39, 0.29) is 5.92 Å². The number of nitrogens with two attached hydrogens (primary N) is 3. The van der Waals surface area contributed by atoms with Crippen molar-refractivity contribution in [2.45, 2.75) is 65.6 Å². The van der Waals surface area contributed by atoms with E-state index in [9.17, 15) is 14.4 Å². The summed E-state index contributed by atoms with van der Waals surface area (Å²) >= 11 is 0. The first kappa shape index (κ1) is 27.2. The SMILES string of the molecule is CC(C)CC(N)C(=O)O.CC(N)C(=O)O.CCC(C)C(N)C(=O)O. The molecule has 0 amide bonds. The van der Waals surface area contributed by atoms with Crippen LogP contribution < -0.4 is 17.2 Å². The van der Waals surface area contributed by atoms with Crippen LogP contribution in [-0.2, 0) is 14.4 Å². The predicted molar refractivity (Wildman–Crippen MR) is 91.4 cm³/mol. The summed E-state index contributed by atoms with van der Waals surface area (Å²) in [6.07, 6.45) is 1.36. The maximum absolute atomic E-state index is 10.2. The molecule has 0 aliphatic carbocycles. The third-order valence-corrected chi connectivity index (χ3v) is 2.97. The Morgan fingerprint density at radius 3 is 1.29 bits per heavy atom. The molecule has 0 rings (SSSR count). The highest BCUT2D eigenvalue weighted by Crippen LogP contribution is 2.04. The minimum absolute atomic E-state index is 0.0718. The summed E-state index contributed by atoms with van der Waals surface area (Å²) in [5.41, 5.74) is 15.3. The Morgan fingerprint density at radius 1 is 0.833 bits per heavy atom. The van der Waals surface area contributed by atoms with Gasteiger partial charge in [-0.25, -0.2) is 0 Å². The highest BCUT2D eigenvalue weighted by atomic mass is 16.4. The number of hydrogen-bond donors (Lipinski definition) is 6. The third-order valence-electron chi connectivity index (χ3n) is 2.97. The van der Waals surface area contributed by atoms with Crippen molar-refractivity contribution in [1.82, 2.24) is 0 Å². The van der Waals surface area contributed by atoms with Crippen LogP contribution in [0.15, 0.2) is 0 Å². The minimum Gasteiger partial charge on any atom is -0.480 e. The van der Waals surface area contributed by atoms with Crippen LogP contribution in [0.1, 0.15) is 47.5 Å². The van der Waals surface area contributed by atoms with Crippen LogP contribution in [-0.4, -0.2) is 51.4 Å². The van der Waals surface area contributed by atoms with Crippen LogP contribution in [0.5, 0.6) is 0 Å². The lowest BCUT2D eigenvalue weighted by molar-refractivity contribution is -0.140. The van der Waals surface area contributed by atoms with Crippen molar-refractivity contribution in [2.75, 3.05) is 0 Å². The maximum atomic E-state index is 10.2. The van der Waals surface area contributed by atoms with Crippen LogP contribution >= 0.6 is 0 Å². The molecule has 0 aliphatic heterocycles. The van der Waals surface area contributed by atoms with E-state index in [0.29, 0.717) is 12.3 Å². The van der Waals surface area contributed by atoms with Gasteiger partial charge in [0.15, 0.2) is 0 Å². The molecule has 0 aromatic heterocycles. The Kier molecular flexibility index (Phi) is 16.8. The number of carboxylic acid groups (broad SMARTS) is 3. The standard InChI is InChI=1S/2C6H13NO2.C3H7NO2/c1-4(2)3-5(7)6(8)9;1-3-4(2)5(7)6(8)9;1-2(4)3(5)6/h2*4-5H,3,7H2,1-2H3,(H,8,9);2H,4H2,1H3,(H,5,6). The van der Waals surface area contributed by atoms with Crippen LogP contribution in [0, 0.1) is 11.8 Å². The largest absolute Gasteiger partial charge is 0.480 e. The van der Waals surface area contributed by atoms with Crippen LogP contribution in [0.2, 0.25) is 0 Å². The van der Waals surface area contributed by atoms with Crippen molar-refractivity contribution in [2.24, 2.45) is 29.0 Å².